The Morgan fingerprint density at radius 1 is 1.33 bits per heavy atom. The van der Waals surface area contributed by atoms with Gasteiger partial charge < -0.3 is 15.4 Å². The van der Waals surface area contributed by atoms with Crippen LogP contribution < -0.4 is 15.4 Å². The second-order valence-corrected chi connectivity index (χ2v) is 4.67. The van der Waals surface area contributed by atoms with Crippen molar-refractivity contribution in [3.63, 3.8) is 0 Å². The molecule has 0 aliphatic heterocycles. The van der Waals surface area contributed by atoms with Gasteiger partial charge in [-0.2, -0.15) is 0 Å². The number of ether oxygens (including phenoxy) is 1. The molecule has 0 heterocycles. The van der Waals surface area contributed by atoms with E-state index < -0.39 is 0 Å². The number of carbonyl (C=O) groups is 1. The van der Waals surface area contributed by atoms with Crippen molar-refractivity contribution in [1.29, 1.82) is 0 Å². The molecule has 1 aromatic rings. The van der Waals surface area contributed by atoms with Crippen molar-refractivity contribution in [3.05, 3.63) is 29.3 Å². The maximum atomic E-state index is 11.3. The van der Waals surface area contributed by atoms with Gasteiger partial charge in [0.25, 0.3) is 0 Å². The Labute approximate surface area is 109 Å². The molecule has 4 heteroatoms. The Hall–Kier alpha value is -1.71. The first kappa shape index (κ1) is 14.4. The molecule has 0 saturated carbocycles. The van der Waals surface area contributed by atoms with E-state index in [-0.39, 0.29) is 12.1 Å². The van der Waals surface area contributed by atoms with Gasteiger partial charge in [0.15, 0.2) is 0 Å². The highest BCUT2D eigenvalue weighted by Crippen LogP contribution is 2.18. The summed E-state index contributed by atoms with van der Waals surface area (Å²) < 4.78 is 5.63. The molecule has 1 aromatic carbocycles. The highest BCUT2D eigenvalue weighted by Gasteiger charge is 2.02. The number of hydrogen-bond donors (Lipinski definition) is 2. The first-order valence-corrected chi connectivity index (χ1v) is 6.23. The lowest BCUT2D eigenvalue weighted by atomic mass is 10.1. The Kier molecular flexibility index (Phi) is 5.49. The van der Waals surface area contributed by atoms with Gasteiger partial charge in [-0.25, -0.2) is 4.79 Å². The summed E-state index contributed by atoms with van der Waals surface area (Å²) in [5.74, 6) is 0.876. The highest BCUT2D eigenvalue weighted by molar-refractivity contribution is 5.74. The SMILES string of the molecule is Cc1ccc(C)c(OCCNC(=O)NC(C)C)c1. The first-order valence-electron chi connectivity index (χ1n) is 6.23. The quantitative estimate of drug-likeness (QED) is 0.788. The summed E-state index contributed by atoms with van der Waals surface area (Å²) in [4.78, 5) is 11.3. The van der Waals surface area contributed by atoms with E-state index in [9.17, 15) is 4.79 Å². The standard InChI is InChI=1S/C14H22N2O2/c1-10(2)16-14(17)15-7-8-18-13-9-11(3)5-6-12(13)4/h5-6,9-10H,7-8H2,1-4H3,(H2,15,16,17). The summed E-state index contributed by atoms with van der Waals surface area (Å²) in [7, 11) is 0. The molecule has 0 saturated heterocycles. The number of rotatable bonds is 5. The summed E-state index contributed by atoms with van der Waals surface area (Å²) in [5, 5.41) is 5.50. The van der Waals surface area contributed by atoms with E-state index in [0.717, 1.165) is 11.3 Å². The lowest BCUT2D eigenvalue weighted by molar-refractivity contribution is 0.234. The smallest absolute Gasteiger partial charge is 0.315 e. The molecule has 0 spiro atoms. The molecule has 0 bridgehead atoms. The van der Waals surface area contributed by atoms with E-state index >= 15 is 0 Å². The summed E-state index contributed by atoms with van der Waals surface area (Å²) in [6.45, 7) is 8.84. The number of carbonyl (C=O) groups excluding carboxylic acids is 1. The molecule has 0 radical (unpaired) electrons. The second-order valence-electron chi connectivity index (χ2n) is 4.67. The van der Waals surface area contributed by atoms with Crippen molar-refractivity contribution >= 4 is 6.03 Å². The molecule has 4 nitrogen and oxygen atoms in total. The van der Waals surface area contributed by atoms with Gasteiger partial charge in [-0.15, -0.1) is 0 Å². The second kappa shape index (κ2) is 6.89. The fourth-order valence-corrected chi connectivity index (χ4v) is 1.50. The van der Waals surface area contributed by atoms with Gasteiger partial charge in [0.1, 0.15) is 12.4 Å². The molecule has 0 aliphatic rings. The summed E-state index contributed by atoms with van der Waals surface area (Å²) in [6.07, 6.45) is 0. The van der Waals surface area contributed by atoms with Crippen LogP contribution in [0.5, 0.6) is 5.75 Å². The number of urea groups is 1. The van der Waals surface area contributed by atoms with Crippen molar-refractivity contribution < 1.29 is 9.53 Å². The van der Waals surface area contributed by atoms with Crippen molar-refractivity contribution in [3.8, 4) is 5.75 Å². The van der Waals surface area contributed by atoms with Crippen molar-refractivity contribution in [1.82, 2.24) is 10.6 Å². The van der Waals surface area contributed by atoms with Crippen LogP contribution in [0.3, 0.4) is 0 Å². The summed E-state index contributed by atoms with van der Waals surface area (Å²) in [5.41, 5.74) is 2.27. The molecule has 2 amide bonds. The predicted octanol–water partition coefficient (Wildman–Crippen LogP) is 2.39. The number of hydrogen-bond acceptors (Lipinski definition) is 2. The van der Waals surface area contributed by atoms with E-state index in [2.05, 4.69) is 16.7 Å². The molecule has 100 valence electrons. The highest BCUT2D eigenvalue weighted by atomic mass is 16.5. The van der Waals surface area contributed by atoms with Gasteiger partial charge in [0.05, 0.1) is 6.54 Å². The lowest BCUT2D eigenvalue weighted by Gasteiger charge is -2.12. The minimum Gasteiger partial charge on any atom is -0.491 e. The van der Waals surface area contributed by atoms with Crippen LogP contribution in [0.15, 0.2) is 18.2 Å². The topological polar surface area (TPSA) is 50.4 Å². The molecule has 1 rings (SSSR count). The zero-order valence-electron chi connectivity index (χ0n) is 11.5. The van der Waals surface area contributed by atoms with Gasteiger partial charge in [-0.3, -0.25) is 0 Å². The third-order valence-corrected chi connectivity index (χ3v) is 2.41. The van der Waals surface area contributed by atoms with Gasteiger partial charge in [-0.1, -0.05) is 12.1 Å². The molecular weight excluding hydrogens is 228 g/mol. The van der Waals surface area contributed by atoms with E-state index in [1.807, 2.05) is 39.8 Å². The van der Waals surface area contributed by atoms with Crippen LogP contribution in [-0.2, 0) is 0 Å². The van der Waals surface area contributed by atoms with Crippen LogP contribution in [0.1, 0.15) is 25.0 Å². The molecule has 0 aliphatic carbocycles. The molecule has 2 N–H and O–H groups in total. The number of amides is 2. The van der Waals surface area contributed by atoms with Crippen LogP contribution in [0.25, 0.3) is 0 Å². The van der Waals surface area contributed by atoms with Crippen molar-refractivity contribution in [2.45, 2.75) is 33.7 Å². The van der Waals surface area contributed by atoms with Gasteiger partial charge in [0, 0.05) is 6.04 Å². The Morgan fingerprint density at radius 3 is 2.72 bits per heavy atom. The monoisotopic (exact) mass is 250 g/mol. The lowest BCUT2D eigenvalue weighted by Crippen LogP contribution is -2.41. The molecule has 18 heavy (non-hydrogen) atoms. The van der Waals surface area contributed by atoms with Crippen LogP contribution >= 0.6 is 0 Å². The molecule has 0 atom stereocenters. The third kappa shape index (κ3) is 5.08. The van der Waals surface area contributed by atoms with Crippen molar-refractivity contribution in [2.24, 2.45) is 0 Å². The summed E-state index contributed by atoms with van der Waals surface area (Å²) >= 11 is 0. The zero-order chi connectivity index (χ0) is 13.5. The van der Waals surface area contributed by atoms with E-state index in [1.165, 1.54) is 5.56 Å². The predicted molar refractivity (Wildman–Crippen MR) is 73.1 cm³/mol. The molecule has 0 aromatic heterocycles. The van der Waals surface area contributed by atoms with Crippen LogP contribution in [0, 0.1) is 13.8 Å². The maximum Gasteiger partial charge on any atom is 0.315 e. The van der Waals surface area contributed by atoms with Crippen LogP contribution in [0.4, 0.5) is 4.79 Å². The number of benzene rings is 1. The molecular formula is C14H22N2O2. The average molecular weight is 250 g/mol. The fraction of sp³-hybridized carbons (Fsp3) is 0.500. The Balaban J connectivity index is 2.29. The van der Waals surface area contributed by atoms with Crippen LogP contribution in [0.2, 0.25) is 0 Å². The Morgan fingerprint density at radius 2 is 2.06 bits per heavy atom. The minimum atomic E-state index is -0.158. The van der Waals surface area contributed by atoms with Gasteiger partial charge in [0.2, 0.25) is 0 Å². The zero-order valence-corrected chi connectivity index (χ0v) is 11.5. The summed E-state index contributed by atoms with van der Waals surface area (Å²) in [6, 6.07) is 6.07. The maximum absolute atomic E-state index is 11.3. The average Bonchev–Trinajstić information content (AvgIpc) is 2.28. The van der Waals surface area contributed by atoms with E-state index in [1.54, 1.807) is 0 Å². The fourth-order valence-electron chi connectivity index (χ4n) is 1.50. The first-order chi connectivity index (χ1) is 8.49. The largest absolute Gasteiger partial charge is 0.491 e. The normalized spacial score (nSPS) is 10.3. The molecule has 0 fully saturated rings. The van der Waals surface area contributed by atoms with E-state index in [4.69, 9.17) is 4.74 Å². The van der Waals surface area contributed by atoms with E-state index in [0.29, 0.717) is 13.2 Å². The minimum absolute atomic E-state index is 0.143. The van der Waals surface area contributed by atoms with Crippen LogP contribution in [-0.4, -0.2) is 25.2 Å². The number of nitrogens with one attached hydrogen (secondary N) is 2. The third-order valence-electron chi connectivity index (χ3n) is 2.41. The number of aryl methyl sites for hydroxylation is 2. The van der Waals surface area contributed by atoms with Gasteiger partial charge in [-0.05, 0) is 44.9 Å². The van der Waals surface area contributed by atoms with Crippen molar-refractivity contribution in [2.75, 3.05) is 13.2 Å². The molecule has 0 unspecified atom stereocenters. The Bertz CT molecular complexity index is 403. The van der Waals surface area contributed by atoms with Gasteiger partial charge >= 0.3 is 6.03 Å².